The van der Waals surface area contributed by atoms with E-state index in [2.05, 4.69) is 5.32 Å². The van der Waals surface area contributed by atoms with Gasteiger partial charge < -0.3 is 19.5 Å². The summed E-state index contributed by atoms with van der Waals surface area (Å²) in [5.41, 5.74) is 4.02. The molecular formula is C23H27NO5. The zero-order valence-corrected chi connectivity index (χ0v) is 17.4. The average Bonchev–Trinajstić information content (AvgIpc) is 2.72. The molecule has 2 aromatic rings. The number of carbonyl (C=O) groups is 2. The van der Waals surface area contributed by atoms with Crippen LogP contribution in [0.1, 0.15) is 35.2 Å². The average molecular weight is 397 g/mol. The van der Waals surface area contributed by atoms with Crippen LogP contribution in [-0.4, -0.2) is 32.7 Å². The SMILES string of the molecule is COc1ccc(OC)c(/C=C/C(=O)OCC(=O)N[C@@H](C)c2ccc(C)c(C)c2)c1. The van der Waals surface area contributed by atoms with Gasteiger partial charge in [-0.2, -0.15) is 0 Å². The number of hydrogen-bond donors (Lipinski definition) is 1. The molecule has 0 aromatic heterocycles. The van der Waals surface area contributed by atoms with Gasteiger partial charge in [-0.3, -0.25) is 4.79 Å². The van der Waals surface area contributed by atoms with E-state index in [4.69, 9.17) is 14.2 Å². The summed E-state index contributed by atoms with van der Waals surface area (Å²) in [6.45, 7) is 5.60. The number of methoxy groups -OCH3 is 2. The molecule has 6 heteroatoms. The molecule has 0 radical (unpaired) electrons. The highest BCUT2D eigenvalue weighted by atomic mass is 16.5. The summed E-state index contributed by atoms with van der Waals surface area (Å²) in [5.74, 6) is 0.244. The van der Waals surface area contributed by atoms with Crippen LogP contribution in [-0.2, 0) is 14.3 Å². The largest absolute Gasteiger partial charge is 0.497 e. The molecular weight excluding hydrogens is 370 g/mol. The Kier molecular flexibility index (Phi) is 7.83. The predicted octanol–water partition coefficient (Wildman–Crippen LogP) is 3.75. The lowest BCUT2D eigenvalue weighted by Gasteiger charge is -2.15. The third-order valence-corrected chi connectivity index (χ3v) is 4.59. The van der Waals surface area contributed by atoms with Crippen molar-refractivity contribution in [2.45, 2.75) is 26.8 Å². The van der Waals surface area contributed by atoms with E-state index < -0.39 is 5.97 Å². The molecule has 1 amide bonds. The molecule has 2 aromatic carbocycles. The molecule has 0 heterocycles. The van der Waals surface area contributed by atoms with Crippen LogP contribution in [0.3, 0.4) is 0 Å². The van der Waals surface area contributed by atoms with E-state index in [1.807, 2.05) is 39.0 Å². The fraction of sp³-hybridized carbons (Fsp3) is 0.304. The maximum absolute atomic E-state index is 12.1. The number of ether oxygens (including phenoxy) is 3. The Morgan fingerprint density at radius 3 is 2.45 bits per heavy atom. The Hall–Kier alpha value is -3.28. The second-order valence-corrected chi connectivity index (χ2v) is 6.68. The minimum atomic E-state index is -0.621. The topological polar surface area (TPSA) is 73.9 Å². The van der Waals surface area contributed by atoms with E-state index in [-0.39, 0.29) is 18.6 Å². The molecule has 0 spiro atoms. The number of amides is 1. The summed E-state index contributed by atoms with van der Waals surface area (Å²) >= 11 is 0. The van der Waals surface area contributed by atoms with Gasteiger partial charge in [-0.05, 0) is 61.7 Å². The Bertz CT molecular complexity index is 904. The van der Waals surface area contributed by atoms with Crippen molar-refractivity contribution in [2.24, 2.45) is 0 Å². The predicted molar refractivity (Wildman–Crippen MR) is 112 cm³/mol. The highest BCUT2D eigenvalue weighted by Crippen LogP contribution is 2.25. The van der Waals surface area contributed by atoms with Gasteiger partial charge in [-0.15, -0.1) is 0 Å². The minimum absolute atomic E-state index is 0.183. The molecule has 0 fully saturated rings. The normalized spacial score (nSPS) is 11.8. The number of benzene rings is 2. The number of hydrogen-bond acceptors (Lipinski definition) is 5. The van der Waals surface area contributed by atoms with Gasteiger partial charge in [0.05, 0.1) is 20.3 Å². The van der Waals surface area contributed by atoms with Gasteiger partial charge in [0.15, 0.2) is 6.61 Å². The second kappa shape index (κ2) is 10.3. The van der Waals surface area contributed by atoms with Gasteiger partial charge in [-0.25, -0.2) is 4.79 Å². The molecule has 6 nitrogen and oxygen atoms in total. The summed E-state index contributed by atoms with van der Waals surface area (Å²) in [6, 6.07) is 11.1. The van der Waals surface area contributed by atoms with Crippen LogP contribution in [0.15, 0.2) is 42.5 Å². The third kappa shape index (κ3) is 6.38. The summed E-state index contributed by atoms with van der Waals surface area (Å²) in [5, 5.41) is 2.83. The van der Waals surface area contributed by atoms with Crippen molar-refractivity contribution in [2.75, 3.05) is 20.8 Å². The molecule has 29 heavy (non-hydrogen) atoms. The lowest BCUT2D eigenvalue weighted by atomic mass is 10.0. The van der Waals surface area contributed by atoms with Crippen molar-refractivity contribution in [3.63, 3.8) is 0 Å². The highest BCUT2D eigenvalue weighted by molar-refractivity contribution is 5.89. The Morgan fingerprint density at radius 2 is 1.79 bits per heavy atom. The van der Waals surface area contributed by atoms with Gasteiger partial charge >= 0.3 is 5.97 Å². The molecule has 1 atom stereocenters. The summed E-state index contributed by atoms with van der Waals surface area (Å²) in [6.07, 6.45) is 2.80. The number of rotatable bonds is 8. The van der Waals surface area contributed by atoms with Crippen LogP contribution < -0.4 is 14.8 Å². The van der Waals surface area contributed by atoms with E-state index in [1.54, 1.807) is 38.5 Å². The van der Waals surface area contributed by atoms with Crippen molar-refractivity contribution < 1.29 is 23.8 Å². The van der Waals surface area contributed by atoms with Gasteiger partial charge in [0, 0.05) is 11.6 Å². The van der Waals surface area contributed by atoms with Crippen molar-refractivity contribution in [1.82, 2.24) is 5.32 Å². The molecule has 0 aliphatic carbocycles. The number of nitrogens with one attached hydrogen (secondary N) is 1. The van der Waals surface area contributed by atoms with Crippen LogP contribution in [0.5, 0.6) is 11.5 Å². The lowest BCUT2D eigenvalue weighted by Crippen LogP contribution is -2.31. The fourth-order valence-electron chi connectivity index (χ4n) is 2.71. The van der Waals surface area contributed by atoms with Crippen molar-refractivity contribution >= 4 is 18.0 Å². The van der Waals surface area contributed by atoms with Crippen LogP contribution in [0, 0.1) is 13.8 Å². The number of carbonyl (C=O) groups excluding carboxylic acids is 2. The summed E-state index contributed by atoms with van der Waals surface area (Å²) in [4.78, 5) is 24.0. The molecule has 154 valence electrons. The smallest absolute Gasteiger partial charge is 0.331 e. The van der Waals surface area contributed by atoms with Crippen molar-refractivity contribution in [3.05, 3.63) is 64.7 Å². The van der Waals surface area contributed by atoms with Gasteiger partial charge in [0.25, 0.3) is 5.91 Å². The zero-order valence-electron chi connectivity index (χ0n) is 17.4. The van der Waals surface area contributed by atoms with E-state index in [9.17, 15) is 9.59 Å². The summed E-state index contributed by atoms with van der Waals surface area (Å²) in [7, 11) is 3.10. The highest BCUT2D eigenvalue weighted by Gasteiger charge is 2.12. The van der Waals surface area contributed by atoms with Crippen LogP contribution >= 0.6 is 0 Å². The van der Waals surface area contributed by atoms with Crippen molar-refractivity contribution in [1.29, 1.82) is 0 Å². The lowest BCUT2D eigenvalue weighted by molar-refractivity contribution is -0.144. The molecule has 0 aliphatic heterocycles. The first-order valence-corrected chi connectivity index (χ1v) is 9.27. The maximum atomic E-state index is 12.1. The van der Waals surface area contributed by atoms with Gasteiger partial charge in [0.2, 0.25) is 0 Å². The van der Waals surface area contributed by atoms with Crippen LogP contribution in [0.25, 0.3) is 6.08 Å². The molecule has 0 aliphatic rings. The number of aryl methyl sites for hydroxylation is 2. The zero-order chi connectivity index (χ0) is 21.4. The molecule has 0 saturated heterocycles. The first kappa shape index (κ1) is 22.0. The molecule has 1 N–H and O–H groups in total. The van der Waals surface area contributed by atoms with Gasteiger partial charge in [-0.1, -0.05) is 18.2 Å². The quantitative estimate of drug-likeness (QED) is 0.542. The molecule has 0 unspecified atom stereocenters. The fourth-order valence-corrected chi connectivity index (χ4v) is 2.71. The van der Waals surface area contributed by atoms with E-state index in [1.165, 1.54) is 11.6 Å². The summed E-state index contributed by atoms with van der Waals surface area (Å²) < 4.78 is 15.4. The monoisotopic (exact) mass is 397 g/mol. The van der Waals surface area contributed by atoms with E-state index in [0.29, 0.717) is 17.1 Å². The Labute approximate surface area is 171 Å². The van der Waals surface area contributed by atoms with E-state index >= 15 is 0 Å². The third-order valence-electron chi connectivity index (χ3n) is 4.59. The van der Waals surface area contributed by atoms with Crippen LogP contribution in [0.4, 0.5) is 0 Å². The van der Waals surface area contributed by atoms with Crippen molar-refractivity contribution in [3.8, 4) is 11.5 Å². The minimum Gasteiger partial charge on any atom is -0.497 e. The van der Waals surface area contributed by atoms with E-state index in [0.717, 1.165) is 11.1 Å². The first-order valence-electron chi connectivity index (χ1n) is 9.27. The first-order chi connectivity index (χ1) is 13.8. The Morgan fingerprint density at radius 1 is 1.03 bits per heavy atom. The molecule has 2 rings (SSSR count). The Balaban J connectivity index is 1.89. The van der Waals surface area contributed by atoms with Gasteiger partial charge in [0.1, 0.15) is 11.5 Å². The molecule has 0 saturated carbocycles. The maximum Gasteiger partial charge on any atom is 0.331 e. The van der Waals surface area contributed by atoms with Crippen LogP contribution in [0.2, 0.25) is 0 Å². The molecule has 0 bridgehead atoms. The second-order valence-electron chi connectivity index (χ2n) is 6.68. The number of esters is 1. The standard InChI is InChI=1S/C23H27NO5/c1-15-6-7-18(12-16(15)2)17(3)24-22(25)14-29-23(26)11-8-19-13-20(27-4)9-10-21(19)28-5/h6-13,17H,14H2,1-5H3,(H,24,25)/b11-8+/t17-/m0/s1.